The van der Waals surface area contributed by atoms with Gasteiger partial charge in [0.05, 0.1) is 31.8 Å². The van der Waals surface area contributed by atoms with Crippen molar-refractivity contribution in [3.8, 4) is 5.88 Å². The van der Waals surface area contributed by atoms with Gasteiger partial charge in [-0.05, 0) is 6.92 Å². The summed E-state index contributed by atoms with van der Waals surface area (Å²) in [7, 11) is -0.909. The molecule has 15 heteroatoms. The zero-order chi connectivity index (χ0) is 22.8. The Morgan fingerprint density at radius 2 is 1.97 bits per heavy atom. The van der Waals surface area contributed by atoms with Crippen LogP contribution < -0.4 is 19.7 Å². The Morgan fingerprint density at radius 3 is 2.55 bits per heavy atom. The van der Waals surface area contributed by atoms with Crippen LogP contribution in [0, 0.1) is 5.82 Å². The van der Waals surface area contributed by atoms with Crippen molar-refractivity contribution < 1.29 is 17.5 Å². The molecule has 3 aromatic heterocycles. The summed E-state index contributed by atoms with van der Waals surface area (Å²) in [5, 5.41) is 12.4. The minimum absolute atomic E-state index is 0.0318. The minimum atomic E-state index is -3.67. The van der Waals surface area contributed by atoms with Crippen molar-refractivity contribution in [2.75, 3.05) is 35.4 Å². The first-order valence-electron chi connectivity index (χ1n) is 8.70. The van der Waals surface area contributed by atoms with Gasteiger partial charge >= 0.3 is 0 Å². The van der Waals surface area contributed by atoms with Crippen LogP contribution in [0.15, 0.2) is 18.5 Å². The fraction of sp³-hybridized carbons (Fsp3) is 0.312. The average Bonchev–Trinajstić information content (AvgIpc) is 3.17. The number of H-pyrrole nitrogens is 1. The predicted molar refractivity (Wildman–Crippen MR) is 113 cm³/mol. The molecular formula is C16H19ClFN9O3S. The number of methoxy groups -OCH3 is 1. The van der Waals surface area contributed by atoms with E-state index in [0.717, 1.165) is 23.0 Å². The van der Waals surface area contributed by atoms with Crippen molar-refractivity contribution in [3.05, 3.63) is 35.1 Å². The molecular weight excluding hydrogens is 453 g/mol. The lowest BCUT2D eigenvalue weighted by molar-refractivity contribution is 0.397. The van der Waals surface area contributed by atoms with E-state index < -0.39 is 21.9 Å². The van der Waals surface area contributed by atoms with Crippen LogP contribution in [0.3, 0.4) is 0 Å². The van der Waals surface area contributed by atoms with Gasteiger partial charge in [0, 0.05) is 13.1 Å². The third kappa shape index (κ3) is 5.27. The third-order valence-electron chi connectivity index (χ3n) is 4.02. The molecule has 0 bridgehead atoms. The van der Waals surface area contributed by atoms with Crippen LogP contribution in [0.4, 0.5) is 27.8 Å². The highest BCUT2D eigenvalue weighted by Gasteiger charge is 2.23. The van der Waals surface area contributed by atoms with E-state index >= 15 is 0 Å². The molecule has 166 valence electrons. The fourth-order valence-corrected chi connectivity index (χ4v) is 3.11. The molecule has 3 N–H and O–H groups in total. The monoisotopic (exact) mass is 471 g/mol. The van der Waals surface area contributed by atoms with Crippen LogP contribution >= 0.6 is 11.6 Å². The van der Waals surface area contributed by atoms with E-state index in [0.29, 0.717) is 11.7 Å². The van der Waals surface area contributed by atoms with Gasteiger partial charge in [0.25, 0.3) is 0 Å². The molecule has 0 aliphatic carbocycles. The Morgan fingerprint density at radius 1 is 1.29 bits per heavy atom. The van der Waals surface area contributed by atoms with Crippen LogP contribution in [0.2, 0.25) is 5.02 Å². The van der Waals surface area contributed by atoms with Crippen LogP contribution in [0.1, 0.15) is 18.8 Å². The third-order valence-corrected chi connectivity index (χ3v) is 5.54. The first kappa shape index (κ1) is 22.4. The summed E-state index contributed by atoms with van der Waals surface area (Å²) in [6, 6.07) is 1.03. The molecule has 0 amide bonds. The number of sulfonamides is 1. The van der Waals surface area contributed by atoms with Crippen molar-refractivity contribution in [1.82, 2.24) is 30.1 Å². The number of halogens is 2. The molecule has 0 saturated carbocycles. The SMILES string of the molecule is COc1cc(Nc2nc(N[C@@H](C)c3ncc(F)cn3)nc(N(C)S(C)(=O)=O)c2Cl)[nH]n1. The second-order valence-corrected chi connectivity index (χ2v) is 8.73. The molecule has 0 fully saturated rings. The summed E-state index contributed by atoms with van der Waals surface area (Å²) >= 11 is 6.39. The number of aromatic nitrogens is 6. The number of anilines is 4. The standard InChI is InChI=1S/C16H19ClFN9O3S/c1-8(13-19-6-9(18)7-20-13)21-16-23-14(22-10-5-11(30-3)26-25-10)12(17)15(24-16)27(2)31(4,28)29/h5-8H,1-4H3,(H3,21,22,23,24,25,26)/t8-/m0/s1. The first-order chi connectivity index (χ1) is 14.6. The van der Waals surface area contributed by atoms with Gasteiger partial charge in [0.15, 0.2) is 17.5 Å². The maximum atomic E-state index is 13.1. The second-order valence-electron chi connectivity index (χ2n) is 6.34. The first-order valence-corrected chi connectivity index (χ1v) is 10.9. The lowest BCUT2D eigenvalue weighted by Crippen LogP contribution is -2.27. The number of nitrogens with one attached hydrogen (secondary N) is 3. The van der Waals surface area contributed by atoms with Crippen molar-refractivity contribution >= 4 is 45.0 Å². The molecule has 0 spiro atoms. The van der Waals surface area contributed by atoms with E-state index in [4.69, 9.17) is 16.3 Å². The Bertz CT molecular complexity index is 1170. The Hall–Kier alpha value is -3.26. The van der Waals surface area contributed by atoms with Gasteiger partial charge in [-0.1, -0.05) is 11.6 Å². The number of aromatic amines is 1. The van der Waals surface area contributed by atoms with E-state index in [-0.39, 0.29) is 28.4 Å². The largest absolute Gasteiger partial charge is 0.480 e. The van der Waals surface area contributed by atoms with Gasteiger partial charge in [-0.2, -0.15) is 9.97 Å². The molecule has 0 unspecified atom stereocenters. The summed E-state index contributed by atoms with van der Waals surface area (Å²) in [4.78, 5) is 16.3. The quantitative estimate of drug-likeness (QED) is 0.445. The molecule has 0 saturated heterocycles. The lowest BCUT2D eigenvalue weighted by atomic mass is 10.3. The maximum absolute atomic E-state index is 13.1. The van der Waals surface area contributed by atoms with E-state index in [2.05, 4.69) is 40.8 Å². The summed E-state index contributed by atoms with van der Waals surface area (Å²) < 4.78 is 43.1. The molecule has 0 aromatic carbocycles. The van der Waals surface area contributed by atoms with E-state index in [1.165, 1.54) is 14.2 Å². The van der Waals surface area contributed by atoms with Gasteiger partial charge in [-0.15, -0.1) is 5.10 Å². The number of rotatable bonds is 8. The average molecular weight is 472 g/mol. The van der Waals surface area contributed by atoms with E-state index in [1.54, 1.807) is 13.0 Å². The van der Waals surface area contributed by atoms with Crippen molar-refractivity contribution in [1.29, 1.82) is 0 Å². The minimum Gasteiger partial charge on any atom is -0.480 e. The van der Waals surface area contributed by atoms with Gasteiger partial charge in [0.2, 0.25) is 21.9 Å². The van der Waals surface area contributed by atoms with E-state index in [1.807, 2.05) is 0 Å². The van der Waals surface area contributed by atoms with Crippen LogP contribution in [-0.4, -0.2) is 59.0 Å². The smallest absolute Gasteiger partial charge is 0.234 e. The fourth-order valence-electron chi connectivity index (χ4n) is 2.35. The molecule has 12 nitrogen and oxygen atoms in total. The molecule has 1 atom stereocenters. The van der Waals surface area contributed by atoms with Crippen molar-refractivity contribution in [2.24, 2.45) is 0 Å². The lowest BCUT2D eigenvalue weighted by Gasteiger charge is -2.20. The highest BCUT2D eigenvalue weighted by Crippen LogP contribution is 2.34. The zero-order valence-electron chi connectivity index (χ0n) is 16.9. The zero-order valence-corrected chi connectivity index (χ0v) is 18.5. The molecule has 3 heterocycles. The van der Waals surface area contributed by atoms with Gasteiger partial charge in [0.1, 0.15) is 16.7 Å². The number of hydrogen-bond acceptors (Lipinski definition) is 10. The van der Waals surface area contributed by atoms with Crippen LogP contribution in [0.25, 0.3) is 0 Å². The number of nitrogens with zero attached hydrogens (tertiary/aromatic N) is 6. The second kappa shape index (κ2) is 8.85. The van der Waals surface area contributed by atoms with Gasteiger partial charge in [-0.25, -0.2) is 22.8 Å². The van der Waals surface area contributed by atoms with Crippen molar-refractivity contribution in [2.45, 2.75) is 13.0 Å². The maximum Gasteiger partial charge on any atom is 0.234 e. The summed E-state index contributed by atoms with van der Waals surface area (Å²) in [6.45, 7) is 1.71. The topological polar surface area (TPSA) is 151 Å². The predicted octanol–water partition coefficient (Wildman–Crippen LogP) is 2.10. The Balaban J connectivity index is 2.00. The van der Waals surface area contributed by atoms with Crippen molar-refractivity contribution in [3.63, 3.8) is 0 Å². The van der Waals surface area contributed by atoms with Crippen LogP contribution in [0.5, 0.6) is 5.88 Å². The summed E-state index contributed by atoms with van der Waals surface area (Å²) in [5.41, 5.74) is 0. The van der Waals surface area contributed by atoms with E-state index in [9.17, 15) is 12.8 Å². The molecule has 0 aliphatic rings. The number of hydrogen-bond donors (Lipinski definition) is 3. The molecule has 31 heavy (non-hydrogen) atoms. The Kier molecular flexibility index (Phi) is 6.40. The summed E-state index contributed by atoms with van der Waals surface area (Å²) in [6.07, 6.45) is 3.08. The number of ether oxygens (including phenoxy) is 1. The Labute approximate surface area is 182 Å². The normalized spacial score (nSPS) is 12.3. The van der Waals surface area contributed by atoms with Gasteiger partial charge < -0.3 is 15.4 Å². The van der Waals surface area contributed by atoms with Gasteiger partial charge in [-0.3, -0.25) is 9.40 Å². The molecule has 0 radical (unpaired) electrons. The summed E-state index contributed by atoms with van der Waals surface area (Å²) in [5.74, 6) is 0.492. The molecule has 0 aliphatic heterocycles. The highest BCUT2D eigenvalue weighted by molar-refractivity contribution is 7.92. The molecule has 3 aromatic rings. The van der Waals surface area contributed by atoms with Crippen LogP contribution in [-0.2, 0) is 10.0 Å². The highest BCUT2D eigenvalue weighted by atomic mass is 35.5. The molecule has 3 rings (SSSR count).